The second kappa shape index (κ2) is 17.2. The number of nitrogens with one attached hydrogen (secondary N) is 3. The van der Waals surface area contributed by atoms with Crippen LogP contribution >= 0.6 is 0 Å². The number of anilines is 2. The Labute approximate surface area is 302 Å². The molecule has 4 amide bonds. The van der Waals surface area contributed by atoms with Gasteiger partial charge in [0.1, 0.15) is 6.04 Å². The van der Waals surface area contributed by atoms with Crippen LogP contribution in [0.4, 0.5) is 11.4 Å². The van der Waals surface area contributed by atoms with E-state index in [1.807, 2.05) is 97.1 Å². The molecule has 7 rings (SSSR count). The maximum atomic E-state index is 13.1. The number of rotatable bonds is 10. The second-order valence-electron chi connectivity index (χ2n) is 12.8. The van der Waals surface area contributed by atoms with E-state index in [2.05, 4.69) is 20.6 Å². The zero-order valence-electron chi connectivity index (χ0n) is 28.8. The normalized spacial score (nSPS) is 15.7. The third kappa shape index (κ3) is 8.80. The van der Waals surface area contributed by atoms with Crippen molar-refractivity contribution in [2.45, 2.75) is 44.2 Å². The first-order valence-corrected chi connectivity index (χ1v) is 17.5. The molecule has 3 heterocycles. The van der Waals surface area contributed by atoms with Gasteiger partial charge in [0.25, 0.3) is 5.91 Å². The Morgan fingerprint density at radius 1 is 0.808 bits per heavy atom. The number of aromatic nitrogens is 2. The SMILES string of the molecule is O=C([C@H](O)c1ccccc1)N1CCCC1.O=CNc1ccc(-c2nc[nH]c2-c2ccc(NC(=O)[C@@H]3CCCN3C(=O)Cc3ccccc3)cc2)cc1. The van der Waals surface area contributed by atoms with Crippen molar-refractivity contribution in [1.82, 2.24) is 19.8 Å². The quantitative estimate of drug-likeness (QED) is 0.135. The monoisotopic (exact) mass is 698 g/mol. The van der Waals surface area contributed by atoms with Gasteiger partial charge in [0.05, 0.1) is 24.1 Å². The number of aliphatic hydroxyl groups is 1. The molecule has 52 heavy (non-hydrogen) atoms. The van der Waals surface area contributed by atoms with Crippen molar-refractivity contribution >= 4 is 35.5 Å². The van der Waals surface area contributed by atoms with E-state index in [9.17, 15) is 24.3 Å². The smallest absolute Gasteiger partial charge is 0.256 e. The summed E-state index contributed by atoms with van der Waals surface area (Å²) in [6.45, 7) is 2.16. The predicted molar refractivity (Wildman–Crippen MR) is 200 cm³/mol. The number of benzene rings is 4. The topological polar surface area (TPSA) is 148 Å². The van der Waals surface area contributed by atoms with E-state index in [0.29, 0.717) is 42.7 Å². The maximum absolute atomic E-state index is 13.1. The van der Waals surface area contributed by atoms with Crippen LogP contribution < -0.4 is 10.6 Å². The third-order valence-corrected chi connectivity index (χ3v) is 9.31. The molecule has 0 spiro atoms. The summed E-state index contributed by atoms with van der Waals surface area (Å²) in [6, 6.07) is 33.2. The number of likely N-dealkylation sites (tertiary alicyclic amines) is 2. The Balaban J connectivity index is 0.000000258. The van der Waals surface area contributed by atoms with Gasteiger partial charge in [0, 0.05) is 42.1 Å². The fourth-order valence-corrected chi connectivity index (χ4v) is 6.57. The van der Waals surface area contributed by atoms with E-state index in [4.69, 9.17) is 0 Å². The summed E-state index contributed by atoms with van der Waals surface area (Å²) >= 11 is 0. The van der Waals surface area contributed by atoms with Crippen LogP contribution in [0.2, 0.25) is 0 Å². The highest BCUT2D eigenvalue weighted by Gasteiger charge is 2.34. The van der Waals surface area contributed by atoms with Crippen LogP contribution in [0, 0.1) is 0 Å². The minimum absolute atomic E-state index is 0.0269. The van der Waals surface area contributed by atoms with Gasteiger partial charge in [0.15, 0.2) is 6.10 Å². The minimum Gasteiger partial charge on any atom is -0.378 e. The van der Waals surface area contributed by atoms with E-state index < -0.39 is 12.1 Å². The average Bonchev–Trinajstić information content (AvgIpc) is 3.99. The Morgan fingerprint density at radius 3 is 2.12 bits per heavy atom. The first kappa shape index (κ1) is 35.7. The number of H-pyrrole nitrogens is 1. The van der Waals surface area contributed by atoms with Gasteiger partial charge in [-0.15, -0.1) is 0 Å². The van der Waals surface area contributed by atoms with Crippen molar-refractivity contribution in [1.29, 1.82) is 0 Å². The molecule has 1 aromatic heterocycles. The van der Waals surface area contributed by atoms with Crippen molar-refractivity contribution in [3.8, 4) is 22.5 Å². The van der Waals surface area contributed by atoms with E-state index >= 15 is 0 Å². The molecule has 2 saturated heterocycles. The number of carbonyl (C=O) groups excluding carboxylic acids is 4. The minimum atomic E-state index is -0.996. The lowest BCUT2D eigenvalue weighted by Gasteiger charge is -2.24. The molecule has 5 aromatic rings. The average molecular weight is 699 g/mol. The Bertz CT molecular complexity index is 1940. The molecule has 0 unspecified atom stereocenters. The van der Waals surface area contributed by atoms with Crippen LogP contribution in [0.5, 0.6) is 0 Å². The zero-order valence-corrected chi connectivity index (χ0v) is 28.8. The van der Waals surface area contributed by atoms with Crippen LogP contribution in [0.1, 0.15) is 42.9 Å². The molecule has 2 atom stereocenters. The Morgan fingerprint density at radius 2 is 1.44 bits per heavy atom. The molecule has 2 aliphatic heterocycles. The van der Waals surface area contributed by atoms with E-state index in [1.54, 1.807) is 28.3 Å². The summed E-state index contributed by atoms with van der Waals surface area (Å²) in [4.78, 5) is 59.5. The lowest BCUT2D eigenvalue weighted by atomic mass is 10.0. The van der Waals surface area contributed by atoms with E-state index in [1.165, 1.54) is 0 Å². The first-order chi connectivity index (χ1) is 25.4. The van der Waals surface area contributed by atoms with Gasteiger partial charge in [-0.05, 0) is 61.1 Å². The van der Waals surface area contributed by atoms with Gasteiger partial charge < -0.3 is 30.5 Å². The molecule has 11 heteroatoms. The third-order valence-electron chi connectivity index (χ3n) is 9.31. The van der Waals surface area contributed by atoms with Crippen LogP contribution in [-0.2, 0) is 25.6 Å². The van der Waals surface area contributed by atoms with Crippen molar-refractivity contribution in [2.75, 3.05) is 30.3 Å². The van der Waals surface area contributed by atoms with Crippen LogP contribution in [-0.4, -0.2) is 74.7 Å². The van der Waals surface area contributed by atoms with Crippen LogP contribution in [0.3, 0.4) is 0 Å². The summed E-state index contributed by atoms with van der Waals surface area (Å²) in [5, 5.41) is 15.5. The molecular weight excluding hydrogens is 656 g/mol. The van der Waals surface area contributed by atoms with Crippen molar-refractivity contribution < 1.29 is 24.3 Å². The number of hydrogen-bond acceptors (Lipinski definition) is 6. The van der Waals surface area contributed by atoms with Gasteiger partial charge in [-0.2, -0.15) is 0 Å². The fraction of sp³-hybridized carbons (Fsp3) is 0.244. The fourth-order valence-electron chi connectivity index (χ4n) is 6.57. The number of aliphatic hydroxyl groups excluding tert-OH is 1. The highest BCUT2D eigenvalue weighted by Crippen LogP contribution is 2.31. The van der Waals surface area contributed by atoms with Gasteiger partial charge in [-0.25, -0.2) is 4.98 Å². The van der Waals surface area contributed by atoms with Crippen molar-refractivity contribution in [3.63, 3.8) is 0 Å². The number of imidazole rings is 1. The van der Waals surface area contributed by atoms with Crippen LogP contribution in [0.25, 0.3) is 22.5 Å². The molecule has 266 valence electrons. The molecule has 2 fully saturated rings. The summed E-state index contributed by atoms with van der Waals surface area (Å²) < 4.78 is 0. The number of carbonyl (C=O) groups is 4. The van der Waals surface area contributed by atoms with Gasteiger partial charge in [-0.1, -0.05) is 84.9 Å². The summed E-state index contributed by atoms with van der Waals surface area (Å²) in [6.07, 6.45) is 5.14. The molecule has 4 aromatic carbocycles. The second-order valence-corrected chi connectivity index (χ2v) is 12.8. The lowest BCUT2D eigenvalue weighted by molar-refractivity contribution is -0.139. The van der Waals surface area contributed by atoms with Crippen LogP contribution in [0.15, 0.2) is 116 Å². The molecular formula is C41H42N6O5. The highest BCUT2D eigenvalue weighted by atomic mass is 16.3. The van der Waals surface area contributed by atoms with Crippen molar-refractivity contribution in [2.24, 2.45) is 0 Å². The summed E-state index contributed by atoms with van der Waals surface area (Å²) in [5.41, 5.74) is 6.46. The highest BCUT2D eigenvalue weighted by molar-refractivity contribution is 5.98. The van der Waals surface area contributed by atoms with Crippen molar-refractivity contribution in [3.05, 3.63) is 127 Å². The maximum Gasteiger partial charge on any atom is 0.256 e. The number of nitrogens with zero attached hydrogens (tertiary/aromatic N) is 3. The molecule has 0 radical (unpaired) electrons. The van der Waals surface area contributed by atoms with Gasteiger partial charge in [-0.3, -0.25) is 19.2 Å². The Kier molecular flexibility index (Phi) is 11.8. The van der Waals surface area contributed by atoms with E-state index in [-0.39, 0.29) is 17.7 Å². The number of amides is 4. The van der Waals surface area contributed by atoms with Gasteiger partial charge >= 0.3 is 0 Å². The number of aromatic amines is 1. The summed E-state index contributed by atoms with van der Waals surface area (Å²) in [7, 11) is 0. The lowest BCUT2D eigenvalue weighted by Crippen LogP contribution is -2.43. The molecule has 2 aliphatic rings. The van der Waals surface area contributed by atoms with Gasteiger partial charge in [0.2, 0.25) is 18.2 Å². The molecule has 4 N–H and O–H groups in total. The summed E-state index contributed by atoms with van der Waals surface area (Å²) in [5.74, 6) is -0.363. The standard InChI is InChI=1S/C29H27N5O3.C12H15NO2/c35-19-32-23-12-8-21(9-13-23)27-28(31-18-30-27)22-10-14-24(15-11-22)33-29(37)25-7-4-16-34(25)26(36)17-20-5-2-1-3-6-20;14-11(10-6-2-1-3-7-10)12(15)13-8-4-5-9-13/h1-3,5-6,8-15,18-19,25H,4,7,16-17H2,(H,30,31)(H,32,35)(H,33,37);1-3,6-7,11,14H,4-5,8-9H2/t25-;11-/m01/s1. The molecule has 0 saturated carbocycles. The predicted octanol–water partition coefficient (Wildman–Crippen LogP) is 5.83. The Hall–Kier alpha value is -6.07. The molecule has 11 nitrogen and oxygen atoms in total. The zero-order chi connectivity index (χ0) is 36.3. The largest absolute Gasteiger partial charge is 0.378 e. The molecule has 0 aliphatic carbocycles. The number of hydrogen-bond donors (Lipinski definition) is 4. The molecule has 0 bridgehead atoms. The first-order valence-electron chi connectivity index (χ1n) is 17.5. The van der Waals surface area contributed by atoms with E-state index in [0.717, 1.165) is 60.4 Å².